The van der Waals surface area contributed by atoms with Crippen LogP contribution in [0, 0.1) is 13.8 Å². The summed E-state index contributed by atoms with van der Waals surface area (Å²) in [5.41, 5.74) is 4.85. The van der Waals surface area contributed by atoms with Crippen molar-refractivity contribution >= 4 is 39.7 Å². The van der Waals surface area contributed by atoms with Gasteiger partial charge >= 0.3 is 0 Å². The first-order chi connectivity index (χ1) is 19.8. The first kappa shape index (κ1) is 26.6. The third-order valence-electron chi connectivity index (χ3n) is 7.24. The van der Waals surface area contributed by atoms with Gasteiger partial charge in [-0.05, 0) is 93.9 Å². The molecule has 0 fully saturated rings. The van der Waals surface area contributed by atoms with E-state index in [1.807, 2.05) is 68.4 Å². The minimum Gasteiger partial charge on any atom is -0.491 e. The fraction of sp³-hybridized carbons (Fsp3) is 0.182. The predicted octanol–water partition coefficient (Wildman–Crippen LogP) is 7.93. The van der Waals surface area contributed by atoms with Crippen LogP contribution in [0.25, 0.3) is 39.1 Å². The maximum atomic E-state index is 13.7. The Morgan fingerprint density at radius 3 is 2.61 bits per heavy atom. The molecular formula is C33H29ClN4O3. The van der Waals surface area contributed by atoms with E-state index in [-0.39, 0.29) is 11.7 Å². The van der Waals surface area contributed by atoms with Crippen LogP contribution in [0.4, 0.5) is 0 Å². The van der Waals surface area contributed by atoms with Crippen molar-refractivity contribution in [1.29, 1.82) is 0 Å². The van der Waals surface area contributed by atoms with Gasteiger partial charge in [0.2, 0.25) is 5.82 Å². The van der Waals surface area contributed by atoms with E-state index in [4.69, 9.17) is 25.7 Å². The van der Waals surface area contributed by atoms with Crippen LogP contribution in [0.1, 0.15) is 37.2 Å². The maximum Gasteiger partial charge on any atom is 0.282 e. The zero-order valence-corrected chi connectivity index (χ0v) is 24.0. The van der Waals surface area contributed by atoms with E-state index < -0.39 is 0 Å². The molecule has 0 aliphatic heterocycles. The summed E-state index contributed by atoms with van der Waals surface area (Å²) in [4.78, 5) is 18.4. The second-order valence-corrected chi connectivity index (χ2v) is 10.5. The molecule has 7 nitrogen and oxygen atoms in total. The predicted molar refractivity (Wildman–Crippen MR) is 165 cm³/mol. The Labute approximate surface area is 242 Å². The molecule has 0 spiro atoms. The number of nitrogens with zero attached hydrogens (tertiary/aromatic N) is 4. The fourth-order valence-electron chi connectivity index (χ4n) is 4.94. The Balaban J connectivity index is 1.42. The zero-order valence-electron chi connectivity index (χ0n) is 23.3. The summed E-state index contributed by atoms with van der Waals surface area (Å²) in [5, 5.41) is 6.53. The van der Waals surface area contributed by atoms with Crippen molar-refractivity contribution in [3.05, 3.63) is 111 Å². The molecule has 3 heterocycles. The summed E-state index contributed by atoms with van der Waals surface area (Å²) in [7, 11) is 0. The van der Waals surface area contributed by atoms with Gasteiger partial charge in [0.15, 0.2) is 5.76 Å². The second-order valence-electron chi connectivity index (χ2n) is 10.1. The average molecular weight is 565 g/mol. The van der Waals surface area contributed by atoms with Crippen LogP contribution in [0.2, 0.25) is 5.02 Å². The Kier molecular flexibility index (Phi) is 6.97. The lowest BCUT2D eigenvalue weighted by Crippen LogP contribution is -2.20. The van der Waals surface area contributed by atoms with E-state index >= 15 is 0 Å². The van der Waals surface area contributed by atoms with E-state index in [1.54, 1.807) is 30.5 Å². The molecule has 0 saturated heterocycles. The van der Waals surface area contributed by atoms with E-state index in [0.29, 0.717) is 33.1 Å². The molecule has 0 aliphatic carbocycles. The van der Waals surface area contributed by atoms with E-state index in [0.717, 1.165) is 40.2 Å². The van der Waals surface area contributed by atoms with Crippen molar-refractivity contribution < 1.29 is 9.15 Å². The van der Waals surface area contributed by atoms with Crippen molar-refractivity contribution in [2.45, 2.75) is 40.2 Å². The standard InChI is InChI=1S/C33H29ClN4O3/c1-5-21(3)40-27-13-11-26(12-14-27)37-20(2)16-24(22(37)4)19-35-38-32(36-29-9-7-6-8-28(29)33(38)39)31-18-23-17-25(34)10-15-30(23)41-31/h6-19,21H,5H2,1-4H3/t21-/m0/s1. The van der Waals surface area contributed by atoms with Crippen molar-refractivity contribution in [3.63, 3.8) is 0 Å². The SMILES string of the molecule is CC[C@H](C)Oc1ccc(-n2c(C)cc(C=Nn3c(-c4cc5cc(Cl)ccc5o4)nc4ccccc4c3=O)c2C)cc1. The molecule has 6 aromatic rings. The monoisotopic (exact) mass is 564 g/mol. The van der Waals surface area contributed by atoms with Gasteiger partial charge in [0.25, 0.3) is 5.56 Å². The molecule has 0 unspecified atom stereocenters. The molecule has 41 heavy (non-hydrogen) atoms. The molecule has 6 rings (SSSR count). The zero-order chi connectivity index (χ0) is 28.7. The van der Waals surface area contributed by atoms with E-state index in [1.165, 1.54) is 4.68 Å². The van der Waals surface area contributed by atoms with Gasteiger partial charge in [-0.1, -0.05) is 30.7 Å². The summed E-state index contributed by atoms with van der Waals surface area (Å²) in [6.45, 7) is 8.24. The van der Waals surface area contributed by atoms with E-state index in [2.05, 4.69) is 23.5 Å². The molecule has 0 N–H and O–H groups in total. The number of ether oxygens (including phenoxy) is 1. The van der Waals surface area contributed by atoms with Crippen molar-refractivity contribution in [3.8, 4) is 23.0 Å². The summed E-state index contributed by atoms with van der Waals surface area (Å²) in [6.07, 6.45) is 2.80. The van der Waals surface area contributed by atoms with Crippen LogP contribution >= 0.6 is 11.6 Å². The molecule has 3 aromatic carbocycles. The first-order valence-corrected chi connectivity index (χ1v) is 13.9. The number of hydrogen-bond donors (Lipinski definition) is 0. The minimum atomic E-state index is -0.286. The highest BCUT2D eigenvalue weighted by atomic mass is 35.5. The van der Waals surface area contributed by atoms with Crippen molar-refractivity contribution in [1.82, 2.24) is 14.2 Å². The number of rotatable bonds is 7. The highest BCUT2D eigenvalue weighted by Gasteiger charge is 2.17. The van der Waals surface area contributed by atoms with Gasteiger partial charge in [0.05, 0.1) is 23.2 Å². The third kappa shape index (κ3) is 5.05. The van der Waals surface area contributed by atoms with Crippen LogP contribution in [-0.4, -0.2) is 26.5 Å². The summed E-state index contributed by atoms with van der Waals surface area (Å²) >= 11 is 6.19. The van der Waals surface area contributed by atoms with Crippen molar-refractivity contribution in [2.75, 3.05) is 0 Å². The van der Waals surface area contributed by atoms with Crippen LogP contribution in [0.5, 0.6) is 5.75 Å². The summed E-state index contributed by atoms with van der Waals surface area (Å²) < 4.78 is 15.5. The van der Waals surface area contributed by atoms with Gasteiger partial charge in [-0.3, -0.25) is 4.79 Å². The number of aryl methyl sites for hydroxylation is 1. The number of aromatic nitrogens is 3. The summed E-state index contributed by atoms with van der Waals surface area (Å²) in [6, 6.07) is 24.5. The van der Waals surface area contributed by atoms with Gasteiger partial charge in [-0.25, -0.2) is 4.98 Å². The Bertz CT molecular complexity index is 1980. The van der Waals surface area contributed by atoms with Crippen LogP contribution in [-0.2, 0) is 0 Å². The maximum absolute atomic E-state index is 13.7. The van der Waals surface area contributed by atoms with Crippen LogP contribution in [0.3, 0.4) is 0 Å². The molecule has 0 aliphatic rings. The highest BCUT2D eigenvalue weighted by molar-refractivity contribution is 6.31. The molecule has 0 radical (unpaired) electrons. The molecule has 8 heteroatoms. The first-order valence-electron chi connectivity index (χ1n) is 13.5. The van der Waals surface area contributed by atoms with Crippen LogP contribution < -0.4 is 10.3 Å². The smallest absolute Gasteiger partial charge is 0.282 e. The minimum absolute atomic E-state index is 0.161. The van der Waals surface area contributed by atoms with Gasteiger partial charge < -0.3 is 13.7 Å². The molecule has 0 saturated carbocycles. The van der Waals surface area contributed by atoms with Gasteiger partial charge in [0.1, 0.15) is 11.3 Å². The van der Waals surface area contributed by atoms with E-state index in [9.17, 15) is 4.79 Å². The number of fused-ring (bicyclic) bond motifs is 2. The molecule has 206 valence electrons. The topological polar surface area (TPSA) is 74.6 Å². The highest BCUT2D eigenvalue weighted by Crippen LogP contribution is 2.29. The fourth-order valence-corrected chi connectivity index (χ4v) is 5.12. The largest absolute Gasteiger partial charge is 0.491 e. The number of benzene rings is 3. The third-order valence-corrected chi connectivity index (χ3v) is 7.48. The molecule has 0 bridgehead atoms. The lowest BCUT2D eigenvalue weighted by atomic mass is 10.2. The number of furan rings is 1. The van der Waals surface area contributed by atoms with Crippen LogP contribution in [0.15, 0.2) is 93.2 Å². The number of para-hydroxylation sites is 1. The normalized spacial score (nSPS) is 12.5. The second kappa shape index (κ2) is 10.7. The Morgan fingerprint density at radius 2 is 1.83 bits per heavy atom. The lowest BCUT2D eigenvalue weighted by molar-refractivity contribution is 0.217. The van der Waals surface area contributed by atoms with Gasteiger partial charge in [-0.2, -0.15) is 9.78 Å². The summed E-state index contributed by atoms with van der Waals surface area (Å²) in [5.74, 6) is 1.58. The molecule has 3 aromatic heterocycles. The quantitative estimate of drug-likeness (QED) is 0.184. The van der Waals surface area contributed by atoms with Gasteiger partial charge in [0, 0.05) is 33.0 Å². The number of hydrogen-bond acceptors (Lipinski definition) is 5. The molecule has 0 amide bonds. The van der Waals surface area contributed by atoms with Gasteiger partial charge in [-0.15, -0.1) is 0 Å². The Morgan fingerprint density at radius 1 is 1.05 bits per heavy atom. The molecule has 1 atom stereocenters. The average Bonchev–Trinajstić information content (AvgIpc) is 3.52. The lowest BCUT2D eigenvalue weighted by Gasteiger charge is -2.14. The van der Waals surface area contributed by atoms with Crippen molar-refractivity contribution in [2.24, 2.45) is 5.10 Å². The molecular weight excluding hydrogens is 536 g/mol. The number of halogens is 1. The Hall–Kier alpha value is -4.62.